The van der Waals surface area contributed by atoms with Crippen LogP contribution < -0.4 is 14.7 Å². The Kier molecular flexibility index (Phi) is 7.12. The first kappa shape index (κ1) is 24.8. The van der Waals surface area contributed by atoms with Crippen molar-refractivity contribution in [2.75, 3.05) is 35.6 Å². The Bertz CT molecular complexity index is 1100. The van der Waals surface area contributed by atoms with Crippen LogP contribution in [0.15, 0.2) is 47.4 Å². The minimum Gasteiger partial charge on any atom is -0.381 e. The molecule has 1 saturated heterocycles. The molecular formula is C24H30F3N3O3S. The predicted octanol–water partition coefficient (Wildman–Crippen LogP) is 4.81. The van der Waals surface area contributed by atoms with Crippen LogP contribution >= 0.6 is 0 Å². The molecule has 10 heteroatoms. The lowest BCUT2D eigenvalue weighted by atomic mass is 10.00. The van der Waals surface area contributed by atoms with E-state index in [9.17, 15) is 21.6 Å². The number of nitrogens with zero attached hydrogens (tertiary/aromatic N) is 2. The summed E-state index contributed by atoms with van der Waals surface area (Å²) in [5.74, 6) is 0.486. The van der Waals surface area contributed by atoms with Gasteiger partial charge in [-0.2, -0.15) is 13.2 Å². The average Bonchev–Trinajstić information content (AvgIpc) is 3.19. The van der Waals surface area contributed by atoms with Crippen molar-refractivity contribution in [2.45, 2.75) is 44.3 Å². The van der Waals surface area contributed by atoms with Crippen LogP contribution in [0.5, 0.6) is 0 Å². The smallest absolute Gasteiger partial charge is 0.381 e. The van der Waals surface area contributed by atoms with Crippen molar-refractivity contribution in [2.24, 2.45) is 11.8 Å². The van der Waals surface area contributed by atoms with E-state index in [1.54, 1.807) is 12.1 Å². The molecule has 2 aromatic carbocycles. The van der Waals surface area contributed by atoms with Gasteiger partial charge in [0.25, 0.3) is 10.0 Å². The molecule has 0 aromatic heterocycles. The van der Waals surface area contributed by atoms with Gasteiger partial charge in [-0.05, 0) is 72.7 Å². The molecule has 0 radical (unpaired) electrons. The van der Waals surface area contributed by atoms with Gasteiger partial charge < -0.3 is 9.75 Å². The molecule has 0 atom stereocenters. The normalized spacial score (nSPS) is 17.3. The first-order valence-electron chi connectivity index (χ1n) is 11.5. The summed E-state index contributed by atoms with van der Waals surface area (Å²) >= 11 is 0. The van der Waals surface area contributed by atoms with Crippen molar-refractivity contribution in [3.63, 3.8) is 0 Å². The first-order chi connectivity index (χ1) is 16.1. The molecule has 4 rings (SSSR count). The maximum Gasteiger partial charge on any atom is 0.416 e. The lowest BCUT2D eigenvalue weighted by Gasteiger charge is -2.29. The van der Waals surface area contributed by atoms with E-state index >= 15 is 0 Å². The molecule has 6 nitrogen and oxygen atoms in total. The molecule has 186 valence electrons. The molecular weight excluding hydrogens is 467 g/mol. The summed E-state index contributed by atoms with van der Waals surface area (Å²) in [6.45, 7) is 6.76. The second-order valence-electron chi connectivity index (χ2n) is 9.27. The molecule has 0 spiro atoms. The third-order valence-electron chi connectivity index (χ3n) is 6.19. The molecule has 1 N–H and O–H groups in total. The van der Waals surface area contributed by atoms with Crippen LogP contribution in [0.3, 0.4) is 0 Å². The zero-order valence-corrected chi connectivity index (χ0v) is 20.1. The lowest BCUT2D eigenvalue weighted by Crippen LogP contribution is -2.38. The SMILES string of the molecule is CC(C)CN(c1ccc(C(F)(F)F)cc1)S(=O)(=O)c1ccc2c(c1)CNN2CC1CCOCC1. The Morgan fingerprint density at radius 1 is 1.12 bits per heavy atom. The standard InChI is InChI=1S/C24H30F3N3O3S/c1-17(2)15-30(21-5-3-20(4-6-21)24(25,26)27)34(31,32)22-7-8-23-19(13-22)14-28-29(23)16-18-9-11-33-12-10-18/h3-8,13,17-18,28H,9-12,14-16H2,1-2H3. The number of halogens is 3. The molecule has 2 aliphatic heterocycles. The van der Waals surface area contributed by atoms with Crippen LogP contribution in [0.4, 0.5) is 24.5 Å². The van der Waals surface area contributed by atoms with Gasteiger partial charge in [-0.3, -0.25) is 4.31 Å². The summed E-state index contributed by atoms with van der Waals surface area (Å²) in [6, 6.07) is 9.31. The Balaban J connectivity index is 1.60. The highest BCUT2D eigenvalue weighted by Crippen LogP contribution is 2.34. The highest BCUT2D eigenvalue weighted by molar-refractivity contribution is 7.92. The molecule has 0 saturated carbocycles. The number of benzene rings is 2. The fourth-order valence-corrected chi connectivity index (χ4v) is 6.04. The molecule has 0 unspecified atom stereocenters. The largest absolute Gasteiger partial charge is 0.416 e. The molecule has 2 aromatic rings. The quantitative estimate of drug-likeness (QED) is 0.595. The van der Waals surface area contributed by atoms with E-state index in [1.165, 1.54) is 16.4 Å². The van der Waals surface area contributed by atoms with Crippen LogP contribution in [0, 0.1) is 11.8 Å². The summed E-state index contributed by atoms with van der Waals surface area (Å²) in [4.78, 5) is 0.126. The van der Waals surface area contributed by atoms with Crippen LogP contribution in [-0.4, -0.2) is 34.7 Å². The van der Waals surface area contributed by atoms with Gasteiger partial charge in [-0.1, -0.05) is 13.8 Å². The fraction of sp³-hybridized carbons (Fsp3) is 0.500. The Hall–Kier alpha value is -2.30. The van der Waals surface area contributed by atoms with Gasteiger partial charge in [0, 0.05) is 32.8 Å². The number of anilines is 2. The molecule has 2 aliphatic rings. The summed E-state index contributed by atoms with van der Waals surface area (Å²) in [7, 11) is -3.97. The third kappa shape index (κ3) is 5.34. The number of ether oxygens (including phenoxy) is 1. The van der Waals surface area contributed by atoms with Crippen LogP contribution in [-0.2, 0) is 27.5 Å². The van der Waals surface area contributed by atoms with E-state index in [-0.39, 0.29) is 23.0 Å². The molecule has 2 heterocycles. The van der Waals surface area contributed by atoms with E-state index in [0.717, 1.165) is 56.0 Å². The number of hydrazine groups is 1. The average molecular weight is 498 g/mol. The van der Waals surface area contributed by atoms with Crippen LogP contribution in [0.1, 0.15) is 37.8 Å². The lowest BCUT2D eigenvalue weighted by molar-refractivity contribution is -0.137. The second kappa shape index (κ2) is 9.75. The predicted molar refractivity (Wildman–Crippen MR) is 125 cm³/mol. The van der Waals surface area contributed by atoms with Crippen molar-refractivity contribution < 1.29 is 26.3 Å². The topological polar surface area (TPSA) is 61.9 Å². The van der Waals surface area contributed by atoms with E-state index < -0.39 is 21.8 Å². The van der Waals surface area contributed by atoms with Crippen molar-refractivity contribution >= 4 is 21.4 Å². The van der Waals surface area contributed by atoms with Crippen LogP contribution in [0.25, 0.3) is 0 Å². The molecule has 34 heavy (non-hydrogen) atoms. The summed E-state index contributed by atoms with van der Waals surface area (Å²) in [6.07, 6.45) is -2.49. The van der Waals surface area contributed by atoms with Gasteiger partial charge in [-0.15, -0.1) is 0 Å². The van der Waals surface area contributed by atoms with E-state index in [2.05, 4.69) is 10.4 Å². The number of fused-ring (bicyclic) bond motifs is 1. The minimum atomic E-state index is -4.48. The van der Waals surface area contributed by atoms with Gasteiger partial charge in [0.1, 0.15) is 0 Å². The number of hydrogen-bond donors (Lipinski definition) is 1. The summed E-state index contributed by atoms with van der Waals surface area (Å²) in [5.41, 5.74) is 4.57. The molecule has 0 amide bonds. The third-order valence-corrected chi connectivity index (χ3v) is 7.98. The van der Waals surface area contributed by atoms with E-state index in [1.807, 2.05) is 19.9 Å². The maximum absolute atomic E-state index is 13.6. The van der Waals surface area contributed by atoms with Crippen LogP contribution in [0.2, 0.25) is 0 Å². The number of hydrogen-bond acceptors (Lipinski definition) is 5. The Morgan fingerprint density at radius 3 is 2.41 bits per heavy atom. The van der Waals surface area contributed by atoms with Crippen molar-refractivity contribution in [1.82, 2.24) is 5.43 Å². The van der Waals surface area contributed by atoms with Crippen molar-refractivity contribution in [3.05, 3.63) is 53.6 Å². The maximum atomic E-state index is 13.6. The van der Waals surface area contributed by atoms with E-state index in [0.29, 0.717) is 12.5 Å². The number of nitrogens with one attached hydrogen (secondary N) is 1. The van der Waals surface area contributed by atoms with Gasteiger partial charge in [0.2, 0.25) is 0 Å². The second-order valence-corrected chi connectivity index (χ2v) is 11.1. The number of alkyl halides is 3. The highest BCUT2D eigenvalue weighted by Gasteiger charge is 2.32. The summed E-state index contributed by atoms with van der Waals surface area (Å²) in [5, 5.41) is 2.07. The van der Waals surface area contributed by atoms with Crippen molar-refractivity contribution in [3.8, 4) is 0 Å². The zero-order chi connectivity index (χ0) is 24.5. The Morgan fingerprint density at radius 2 is 1.79 bits per heavy atom. The number of sulfonamides is 1. The van der Waals surface area contributed by atoms with Crippen molar-refractivity contribution in [1.29, 1.82) is 0 Å². The summed E-state index contributed by atoms with van der Waals surface area (Å²) < 4.78 is 72.8. The first-order valence-corrected chi connectivity index (χ1v) is 12.9. The van der Waals surface area contributed by atoms with E-state index in [4.69, 9.17) is 4.74 Å². The molecule has 0 aliphatic carbocycles. The van der Waals surface area contributed by atoms with Gasteiger partial charge >= 0.3 is 6.18 Å². The Labute approximate surface area is 198 Å². The molecule has 1 fully saturated rings. The number of rotatable bonds is 7. The fourth-order valence-electron chi connectivity index (χ4n) is 4.36. The zero-order valence-electron chi connectivity index (χ0n) is 19.3. The minimum absolute atomic E-state index is 0.0249. The monoisotopic (exact) mass is 497 g/mol. The highest BCUT2D eigenvalue weighted by atomic mass is 32.2. The molecule has 0 bridgehead atoms. The van der Waals surface area contributed by atoms with Gasteiger partial charge in [0.05, 0.1) is 21.8 Å². The van der Waals surface area contributed by atoms with Gasteiger partial charge in [0.15, 0.2) is 0 Å². The van der Waals surface area contributed by atoms with Gasteiger partial charge in [-0.25, -0.2) is 13.8 Å².